The van der Waals surface area contributed by atoms with Crippen LogP contribution in [-0.2, 0) is 0 Å². The summed E-state index contributed by atoms with van der Waals surface area (Å²) in [5.74, 6) is 0. The van der Waals surface area contributed by atoms with Crippen LogP contribution in [0.25, 0.3) is 49.7 Å². The van der Waals surface area contributed by atoms with Gasteiger partial charge in [-0.3, -0.25) is 0 Å². The van der Waals surface area contributed by atoms with Crippen molar-refractivity contribution in [2.24, 2.45) is 0 Å². The van der Waals surface area contributed by atoms with Crippen LogP contribution in [-0.4, -0.2) is 4.57 Å². The molecule has 0 N–H and O–H groups in total. The van der Waals surface area contributed by atoms with Crippen LogP contribution in [0.4, 0.5) is 0 Å². The average Bonchev–Trinajstić information content (AvgIpc) is 3.20. The molecule has 0 saturated heterocycles. The molecule has 0 atom stereocenters. The number of nitrogens with zero attached hydrogens (tertiary/aromatic N) is 1. The SMILES string of the molecule is Clc1cccc2c1c1ccccc1n2-c1ccccc1-c1cccc(-c2ccccc2)c1. The number of benzene rings is 5. The molecule has 0 aliphatic heterocycles. The van der Waals surface area contributed by atoms with Gasteiger partial charge >= 0.3 is 0 Å². The minimum atomic E-state index is 0.779. The van der Waals surface area contributed by atoms with E-state index in [1.54, 1.807) is 0 Å². The first-order valence-electron chi connectivity index (χ1n) is 10.7. The first-order valence-corrected chi connectivity index (χ1v) is 11.1. The largest absolute Gasteiger partial charge is 0.309 e. The molecular formula is C30H20ClN. The third kappa shape index (κ3) is 3.02. The Bertz CT molecular complexity index is 1580. The maximum absolute atomic E-state index is 6.67. The lowest BCUT2D eigenvalue weighted by molar-refractivity contribution is 1.18. The van der Waals surface area contributed by atoms with Gasteiger partial charge in [0, 0.05) is 16.3 Å². The Kier molecular flexibility index (Phi) is 4.56. The van der Waals surface area contributed by atoms with Crippen molar-refractivity contribution in [1.29, 1.82) is 0 Å². The van der Waals surface area contributed by atoms with Gasteiger partial charge in [-0.25, -0.2) is 0 Å². The molecule has 0 amide bonds. The summed E-state index contributed by atoms with van der Waals surface area (Å²) in [5.41, 5.74) is 8.22. The molecule has 0 aliphatic rings. The molecule has 2 heteroatoms. The van der Waals surface area contributed by atoms with E-state index in [0.29, 0.717) is 0 Å². The second-order valence-corrected chi connectivity index (χ2v) is 8.36. The van der Waals surface area contributed by atoms with Crippen molar-refractivity contribution in [2.45, 2.75) is 0 Å². The molecule has 32 heavy (non-hydrogen) atoms. The minimum absolute atomic E-state index is 0.779. The summed E-state index contributed by atoms with van der Waals surface area (Å²) in [4.78, 5) is 0. The molecule has 1 heterocycles. The van der Waals surface area contributed by atoms with E-state index in [4.69, 9.17) is 11.6 Å². The van der Waals surface area contributed by atoms with Gasteiger partial charge in [0.15, 0.2) is 0 Å². The van der Waals surface area contributed by atoms with Crippen molar-refractivity contribution in [3.63, 3.8) is 0 Å². The summed E-state index contributed by atoms with van der Waals surface area (Å²) in [6.45, 7) is 0. The van der Waals surface area contributed by atoms with Gasteiger partial charge in [0.25, 0.3) is 0 Å². The van der Waals surface area contributed by atoms with Crippen LogP contribution in [0.2, 0.25) is 5.02 Å². The third-order valence-corrected chi connectivity index (χ3v) is 6.39. The number of para-hydroxylation sites is 2. The van der Waals surface area contributed by atoms with Crippen LogP contribution in [0, 0.1) is 0 Å². The highest BCUT2D eigenvalue weighted by Gasteiger charge is 2.16. The molecule has 1 nitrogen and oxygen atoms in total. The number of halogens is 1. The standard InChI is InChI=1S/C30H20ClN/c31-26-16-9-19-29-30(26)25-15-5-7-18-28(25)32(29)27-17-6-4-14-24(27)23-13-8-12-22(20-23)21-10-2-1-3-11-21/h1-20H. The predicted octanol–water partition coefficient (Wildman–Crippen LogP) is 8.77. The van der Waals surface area contributed by atoms with Gasteiger partial charge in [-0.05, 0) is 47.0 Å². The summed E-state index contributed by atoms with van der Waals surface area (Å²) in [5, 5.41) is 3.04. The summed E-state index contributed by atoms with van der Waals surface area (Å²) in [6.07, 6.45) is 0. The van der Waals surface area contributed by atoms with E-state index in [1.165, 1.54) is 27.6 Å². The van der Waals surface area contributed by atoms with Crippen molar-refractivity contribution in [3.05, 3.63) is 126 Å². The van der Waals surface area contributed by atoms with Gasteiger partial charge in [0.1, 0.15) is 0 Å². The molecule has 152 valence electrons. The molecule has 6 aromatic rings. The Morgan fingerprint density at radius 3 is 2.06 bits per heavy atom. The maximum Gasteiger partial charge on any atom is 0.0556 e. The van der Waals surface area contributed by atoms with E-state index in [2.05, 4.69) is 114 Å². The Morgan fingerprint density at radius 2 is 1.16 bits per heavy atom. The average molecular weight is 430 g/mol. The fourth-order valence-electron chi connectivity index (χ4n) is 4.64. The van der Waals surface area contributed by atoms with Crippen molar-refractivity contribution < 1.29 is 0 Å². The van der Waals surface area contributed by atoms with Gasteiger partial charge in [0.05, 0.1) is 21.7 Å². The molecule has 6 rings (SSSR count). The van der Waals surface area contributed by atoms with Gasteiger partial charge in [-0.2, -0.15) is 0 Å². The van der Waals surface area contributed by atoms with E-state index in [9.17, 15) is 0 Å². The van der Waals surface area contributed by atoms with Crippen molar-refractivity contribution >= 4 is 33.4 Å². The third-order valence-electron chi connectivity index (χ3n) is 6.07. The van der Waals surface area contributed by atoms with E-state index >= 15 is 0 Å². The molecule has 1 aromatic heterocycles. The predicted molar refractivity (Wildman–Crippen MR) is 137 cm³/mol. The van der Waals surface area contributed by atoms with E-state index in [0.717, 1.165) is 27.1 Å². The summed E-state index contributed by atoms with van der Waals surface area (Å²) < 4.78 is 2.33. The molecule has 0 spiro atoms. The maximum atomic E-state index is 6.67. The van der Waals surface area contributed by atoms with E-state index < -0.39 is 0 Å². The van der Waals surface area contributed by atoms with Gasteiger partial charge < -0.3 is 4.57 Å². The lowest BCUT2D eigenvalue weighted by Gasteiger charge is -2.15. The monoisotopic (exact) mass is 429 g/mol. The van der Waals surface area contributed by atoms with Gasteiger partial charge in [0.2, 0.25) is 0 Å². The fourth-order valence-corrected chi connectivity index (χ4v) is 4.92. The summed E-state index contributed by atoms with van der Waals surface area (Å²) >= 11 is 6.67. The summed E-state index contributed by atoms with van der Waals surface area (Å²) in [7, 11) is 0. The first kappa shape index (κ1) is 18.9. The number of rotatable bonds is 3. The number of fused-ring (bicyclic) bond motifs is 3. The molecule has 0 unspecified atom stereocenters. The van der Waals surface area contributed by atoms with E-state index in [-0.39, 0.29) is 0 Å². The Morgan fingerprint density at radius 1 is 0.500 bits per heavy atom. The Hall–Kier alpha value is -3.81. The zero-order chi connectivity index (χ0) is 21.5. The van der Waals surface area contributed by atoms with Crippen LogP contribution in [0.1, 0.15) is 0 Å². The lowest BCUT2D eigenvalue weighted by Crippen LogP contribution is -1.97. The van der Waals surface area contributed by atoms with E-state index in [1.807, 2.05) is 12.1 Å². The lowest BCUT2D eigenvalue weighted by atomic mass is 9.98. The number of hydrogen-bond acceptors (Lipinski definition) is 0. The fraction of sp³-hybridized carbons (Fsp3) is 0. The Balaban J connectivity index is 1.63. The van der Waals surface area contributed by atoms with Crippen LogP contribution in [0.3, 0.4) is 0 Å². The zero-order valence-corrected chi connectivity index (χ0v) is 18.1. The van der Waals surface area contributed by atoms with Gasteiger partial charge in [-0.1, -0.05) is 103 Å². The zero-order valence-electron chi connectivity index (χ0n) is 17.4. The molecule has 0 aliphatic carbocycles. The smallest absolute Gasteiger partial charge is 0.0556 e. The highest BCUT2D eigenvalue weighted by atomic mass is 35.5. The molecular weight excluding hydrogens is 410 g/mol. The highest BCUT2D eigenvalue weighted by molar-refractivity contribution is 6.38. The van der Waals surface area contributed by atoms with Gasteiger partial charge in [-0.15, -0.1) is 0 Å². The quantitative estimate of drug-likeness (QED) is 0.265. The topological polar surface area (TPSA) is 4.93 Å². The van der Waals surface area contributed by atoms with Crippen molar-refractivity contribution in [1.82, 2.24) is 4.57 Å². The summed E-state index contributed by atoms with van der Waals surface area (Å²) in [6, 6.07) is 42.5. The highest BCUT2D eigenvalue weighted by Crippen LogP contribution is 2.39. The molecule has 5 aromatic carbocycles. The number of aromatic nitrogens is 1. The van der Waals surface area contributed by atoms with Crippen LogP contribution in [0.5, 0.6) is 0 Å². The molecule has 0 saturated carbocycles. The Labute approximate surface area is 192 Å². The first-order chi connectivity index (χ1) is 15.8. The van der Waals surface area contributed by atoms with Crippen LogP contribution >= 0.6 is 11.6 Å². The van der Waals surface area contributed by atoms with Crippen LogP contribution in [0.15, 0.2) is 121 Å². The normalized spacial score (nSPS) is 11.3. The number of hydrogen-bond donors (Lipinski definition) is 0. The van der Waals surface area contributed by atoms with Crippen molar-refractivity contribution in [3.8, 4) is 27.9 Å². The molecule has 0 bridgehead atoms. The second kappa shape index (κ2) is 7.71. The minimum Gasteiger partial charge on any atom is -0.309 e. The van der Waals surface area contributed by atoms with Crippen molar-refractivity contribution in [2.75, 3.05) is 0 Å². The second-order valence-electron chi connectivity index (χ2n) is 7.95. The molecule has 0 radical (unpaired) electrons. The van der Waals surface area contributed by atoms with Crippen LogP contribution < -0.4 is 0 Å². The molecule has 0 fully saturated rings.